The average molecular weight is 420 g/mol. The second kappa shape index (κ2) is 8.61. The molecule has 2 amide bonds. The van der Waals surface area contributed by atoms with E-state index in [1.165, 1.54) is 0 Å². The zero-order valence-corrected chi connectivity index (χ0v) is 17.6. The molecule has 0 spiro atoms. The molecular formula is C23H24N4O4. The maximum Gasteiger partial charge on any atom is 0.251 e. The van der Waals surface area contributed by atoms with Gasteiger partial charge in [0.1, 0.15) is 17.6 Å². The number of aryl methyl sites for hydroxylation is 1. The fourth-order valence-corrected chi connectivity index (χ4v) is 3.73. The van der Waals surface area contributed by atoms with Crippen molar-refractivity contribution in [2.45, 2.75) is 26.0 Å². The first kappa shape index (κ1) is 20.6. The Morgan fingerprint density at radius 2 is 2.00 bits per heavy atom. The molecule has 31 heavy (non-hydrogen) atoms. The Morgan fingerprint density at radius 1 is 1.19 bits per heavy atom. The summed E-state index contributed by atoms with van der Waals surface area (Å²) in [5, 5.41) is 10.4. The normalized spacial score (nSPS) is 14.8. The molecule has 8 heteroatoms. The minimum absolute atomic E-state index is 0.0289. The van der Waals surface area contributed by atoms with Gasteiger partial charge in [-0.25, -0.2) is 4.68 Å². The molecular weight excluding hydrogens is 396 g/mol. The Morgan fingerprint density at radius 3 is 2.74 bits per heavy atom. The highest BCUT2D eigenvalue weighted by molar-refractivity contribution is 6.04. The summed E-state index contributed by atoms with van der Waals surface area (Å²) in [5.74, 6) is 0.725. The number of ether oxygens (including phenoxy) is 2. The van der Waals surface area contributed by atoms with E-state index in [4.69, 9.17) is 9.47 Å². The molecule has 1 atom stereocenters. The first-order valence-electron chi connectivity index (χ1n) is 9.93. The number of hydrogen-bond acceptors (Lipinski definition) is 5. The van der Waals surface area contributed by atoms with E-state index in [0.717, 1.165) is 22.4 Å². The SMILES string of the molecule is COCc1nn2c(c1-c1cccc(OC)c1)NC(=O)C2CC(=O)Nc1ccccc1C. The van der Waals surface area contributed by atoms with E-state index in [1.807, 2.05) is 55.5 Å². The van der Waals surface area contributed by atoms with Crippen LogP contribution in [0.15, 0.2) is 48.5 Å². The summed E-state index contributed by atoms with van der Waals surface area (Å²) in [6.45, 7) is 2.19. The maximum absolute atomic E-state index is 12.7. The van der Waals surface area contributed by atoms with Crippen molar-refractivity contribution in [2.24, 2.45) is 0 Å². The number of methoxy groups -OCH3 is 2. The van der Waals surface area contributed by atoms with Gasteiger partial charge in [-0.1, -0.05) is 30.3 Å². The molecule has 0 saturated carbocycles. The lowest BCUT2D eigenvalue weighted by atomic mass is 10.1. The van der Waals surface area contributed by atoms with Crippen LogP contribution in [0.25, 0.3) is 11.1 Å². The number of rotatable bonds is 7. The van der Waals surface area contributed by atoms with Crippen molar-refractivity contribution in [3.8, 4) is 16.9 Å². The molecule has 0 saturated heterocycles. The number of hydrogen-bond donors (Lipinski definition) is 2. The maximum atomic E-state index is 12.7. The van der Waals surface area contributed by atoms with Crippen LogP contribution in [0, 0.1) is 6.92 Å². The number of para-hydroxylation sites is 1. The number of fused-ring (bicyclic) bond motifs is 1. The summed E-state index contributed by atoms with van der Waals surface area (Å²) in [7, 11) is 3.19. The highest BCUT2D eigenvalue weighted by Gasteiger charge is 2.37. The number of anilines is 2. The molecule has 1 unspecified atom stereocenters. The van der Waals surface area contributed by atoms with E-state index in [0.29, 0.717) is 17.3 Å². The van der Waals surface area contributed by atoms with Gasteiger partial charge in [0.05, 0.1) is 31.4 Å². The Balaban J connectivity index is 1.65. The summed E-state index contributed by atoms with van der Waals surface area (Å²) in [6.07, 6.45) is -0.0289. The van der Waals surface area contributed by atoms with Crippen LogP contribution >= 0.6 is 0 Å². The van der Waals surface area contributed by atoms with Crippen LogP contribution in [0.1, 0.15) is 23.7 Å². The fourth-order valence-electron chi connectivity index (χ4n) is 3.73. The highest BCUT2D eigenvalue weighted by Crippen LogP contribution is 2.39. The Kier molecular flexibility index (Phi) is 5.73. The standard InChI is InChI=1S/C23H24N4O4/c1-14-7-4-5-10-17(14)24-20(28)12-19-23(29)25-22-21(18(13-30-2)26-27(19)22)15-8-6-9-16(11-15)31-3/h4-11,19H,12-13H2,1-3H3,(H,24,28)(H,25,29). The second-order valence-electron chi connectivity index (χ2n) is 7.35. The van der Waals surface area contributed by atoms with E-state index in [1.54, 1.807) is 18.9 Å². The zero-order chi connectivity index (χ0) is 22.0. The van der Waals surface area contributed by atoms with Crippen LogP contribution in [-0.4, -0.2) is 35.8 Å². The minimum atomic E-state index is -0.742. The van der Waals surface area contributed by atoms with Crippen molar-refractivity contribution in [1.82, 2.24) is 9.78 Å². The van der Waals surface area contributed by atoms with Gasteiger partial charge in [-0.15, -0.1) is 0 Å². The first-order chi connectivity index (χ1) is 15.0. The van der Waals surface area contributed by atoms with Crippen molar-refractivity contribution in [1.29, 1.82) is 0 Å². The fraction of sp³-hybridized carbons (Fsp3) is 0.261. The van der Waals surface area contributed by atoms with E-state index in [-0.39, 0.29) is 24.8 Å². The third-order valence-corrected chi connectivity index (χ3v) is 5.26. The summed E-state index contributed by atoms with van der Waals surface area (Å²) in [5.41, 5.74) is 3.96. The first-order valence-corrected chi connectivity index (χ1v) is 9.93. The second-order valence-corrected chi connectivity index (χ2v) is 7.35. The smallest absolute Gasteiger partial charge is 0.251 e. The predicted molar refractivity (Wildman–Crippen MR) is 117 cm³/mol. The number of benzene rings is 2. The van der Waals surface area contributed by atoms with Crippen LogP contribution < -0.4 is 15.4 Å². The van der Waals surface area contributed by atoms with E-state index >= 15 is 0 Å². The molecule has 160 valence electrons. The number of amides is 2. The number of nitrogens with one attached hydrogen (secondary N) is 2. The number of nitrogens with zero attached hydrogens (tertiary/aromatic N) is 2. The topological polar surface area (TPSA) is 94.5 Å². The van der Waals surface area contributed by atoms with Crippen molar-refractivity contribution >= 4 is 23.3 Å². The van der Waals surface area contributed by atoms with E-state index in [2.05, 4.69) is 15.7 Å². The van der Waals surface area contributed by atoms with E-state index < -0.39 is 6.04 Å². The molecule has 2 heterocycles. The van der Waals surface area contributed by atoms with E-state index in [9.17, 15) is 9.59 Å². The highest BCUT2D eigenvalue weighted by atomic mass is 16.5. The monoisotopic (exact) mass is 420 g/mol. The van der Waals surface area contributed by atoms with Crippen molar-refractivity contribution in [3.63, 3.8) is 0 Å². The summed E-state index contributed by atoms with van der Waals surface area (Å²) in [6, 6.07) is 14.3. The molecule has 2 N–H and O–H groups in total. The summed E-state index contributed by atoms with van der Waals surface area (Å²) in [4.78, 5) is 25.4. The van der Waals surface area contributed by atoms with Gasteiger partial charge >= 0.3 is 0 Å². The van der Waals surface area contributed by atoms with Crippen LogP contribution in [-0.2, 0) is 20.9 Å². The quantitative estimate of drug-likeness (QED) is 0.610. The molecule has 0 radical (unpaired) electrons. The van der Waals surface area contributed by atoms with Crippen LogP contribution in [0.2, 0.25) is 0 Å². The Bertz CT molecular complexity index is 1140. The van der Waals surface area contributed by atoms with Crippen LogP contribution in [0.5, 0.6) is 5.75 Å². The Hall–Kier alpha value is -3.65. The third kappa shape index (κ3) is 4.02. The predicted octanol–water partition coefficient (Wildman–Crippen LogP) is 3.54. The lowest BCUT2D eigenvalue weighted by Gasteiger charge is -2.11. The molecule has 3 aromatic rings. The number of aromatic nitrogens is 2. The largest absolute Gasteiger partial charge is 0.497 e. The molecule has 4 rings (SSSR count). The molecule has 0 bridgehead atoms. The van der Waals surface area contributed by atoms with Crippen LogP contribution in [0.3, 0.4) is 0 Å². The lowest BCUT2D eigenvalue weighted by molar-refractivity contribution is -0.123. The van der Waals surface area contributed by atoms with Gasteiger partial charge in [-0.05, 0) is 36.2 Å². The van der Waals surface area contributed by atoms with Crippen molar-refractivity contribution < 1.29 is 19.1 Å². The average Bonchev–Trinajstić information content (AvgIpc) is 3.25. The number of carbonyl (C=O) groups is 2. The van der Waals surface area contributed by atoms with Gasteiger partial charge in [0.15, 0.2) is 0 Å². The van der Waals surface area contributed by atoms with Gasteiger partial charge < -0.3 is 20.1 Å². The molecule has 0 aliphatic carbocycles. The van der Waals surface area contributed by atoms with Crippen molar-refractivity contribution in [3.05, 3.63) is 59.8 Å². The molecule has 0 fully saturated rings. The molecule has 2 aromatic carbocycles. The Labute approximate surface area is 180 Å². The number of carbonyl (C=O) groups excluding carboxylic acids is 2. The van der Waals surface area contributed by atoms with Gasteiger partial charge in [0.25, 0.3) is 5.91 Å². The lowest BCUT2D eigenvalue weighted by Crippen LogP contribution is -2.24. The molecule has 1 aliphatic rings. The molecule has 1 aliphatic heterocycles. The zero-order valence-electron chi connectivity index (χ0n) is 17.6. The van der Waals surface area contributed by atoms with Gasteiger partial charge in [0, 0.05) is 12.8 Å². The molecule has 8 nitrogen and oxygen atoms in total. The van der Waals surface area contributed by atoms with Gasteiger partial charge in [0.2, 0.25) is 5.91 Å². The summed E-state index contributed by atoms with van der Waals surface area (Å²) >= 11 is 0. The summed E-state index contributed by atoms with van der Waals surface area (Å²) < 4.78 is 12.2. The third-order valence-electron chi connectivity index (χ3n) is 5.26. The molecule has 1 aromatic heterocycles. The van der Waals surface area contributed by atoms with Gasteiger partial charge in [-0.2, -0.15) is 5.10 Å². The van der Waals surface area contributed by atoms with Crippen molar-refractivity contribution in [2.75, 3.05) is 24.9 Å². The minimum Gasteiger partial charge on any atom is -0.497 e. The van der Waals surface area contributed by atoms with Crippen LogP contribution in [0.4, 0.5) is 11.5 Å². The van der Waals surface area contributed by atoms with Gasteiger partial charge in [-0.3, -0.25) is 9.59 Å².